The van der Waals surface area contributed by atoms with E-state index in [0.29, 0.717) is 16.7 Å². The maximum Gasteiger partial charge on any atom is 0.267 e. The smallest absolute Gasteiger partial charge is 0.267 e. The molecule has 1 aromatic heterocycles. The summed E-state index contributed by atoms with van der Waals surface area (Å²) in [6.45, 7) is 0. The molecule has 0 aliphatic rings. The standard InChI is InChI=1S/C9H6BrF2NO/c10-4-7-13-6-3-1-2-5(9(11)12)8(6)14-7/h1-3,9H,4H2. The first-order valence-corrected chi connectivity index (χ1v) is 5.07. The highest BCUT2D eigenvalue weighted by Crippen LogP contribution is 2.28. The molecule has 74 valence electrons. The Hall–Kier alpha value is -0.970. The number of nitrogens with zero attached hydrogens (tertiary/aromatic N) is 1. The summed E-state index contributed by atoms with van der Waals surface area (Å²) in [7, 11) is 0. The molecule has 0 saturated heterocycles. The first-order valence-electron chi connectivity index (χ1n) is 3.95. The Morgan fingerprint density at radius 3 is 2.86 bits per heavy atom. The fourth-order valence-corrected chi connectivity index (χ4v) is 1.49. The van der Waals surface area contributed by atoms with Gasteiger partial charge in [-0.3, -0.25) is 0 Å². The van der Waals surface area contributed by atoms with Gasteiger partial charge < -0.3 is 4.42 Å². The van der Waals surface area contributed by atoms with Crippen molar-refractivity contribution in [2.24, 2.45) is 0 Å². The van der Waals surface area contributed by atoms with Crippen molar-refractivity contribution in [3.05, 3.63) is 29.7 Å². The third-order valence-electron chi connectivity index (χ3n) is 1.84. The van der Waals surface area contributed by atoms with Crippen molar-refractivity contribution in [1.82, 2.24) is 4.98 Å². The Bertz CT molecular complexity index is 455. The van der Waals surface area contributed by atoms with E-state index in [9.17, 15) is 8.78 Å². The molecule has 0 spiro atoms. The molecule has 0 atom stereocenters. The number of rotatable bonds is 2. The van der Waals surface area contributed by atoms with Crippen LogP contribution in [0.4, 0.5) is 8.78 Å². The number of hydrogen-bond donors (Lipinski definition) is 0. The zero-order valence-corrected chi connectivity index (χ0v) is 8.59. The molecule has 0 aliphatic heterocycles. The first kappa shape index (κ1) is 9.58. The monoisotopic (exact) mass is 261 g/mol. The molecule has 0 fully saturated rings. The SMILES string of the molecule is FC(F)c1cccc2nc(CBr)oc12. The van der Waals surface area contributed by atoms with Gasteiger partial charge in [-0.1, -0.05) is 22.0 Å². The number of halogens is 3. The van der Waals surface area contributed by atoms with Gasteiger partial charge in [-0.25, -0.2) is 13.8 Å². The zero-order valence-electron chi connectivity index (χ0n) is 7.01. The summed E-state index contributed by atoms with van der Waals surface area (Å²) < 4.78 is 30.2. The summed E-state index contributed by atoms with van der Waals surface area (Å²) in [5, 5.41) is 0.421. The van der Waals surface area contributed by atoms with E-state index in [1.165, 1.54) is 6.07 Å². The number of hydrogen-bond acceptors (Lipinski definition) is 2. The Morgan fingerprint density at radius 1 is 1.43 bits per heavy atom. The molecule has 0 radical (unpaired) electrons. The summed E-state index contributed by atoms with van der Waals surface area (Å²) >= 11 is 3.15. The minimum absolute atomic E-state index is 0.109. The van der Waals surface area contributed by atoms with Crippen LogP contribution in [0.3, 0.4) is 0 Å². The van der Waals surface area contributed by atoms with E-state index in [-0.39, 0.29) is 11.1 Å². The molecule has 0 aliphatic carbocycles. The van der Waals surface area contributed by atoms with Crippen LogP contribution >= 0.6 is 15.9 Å². The van der Waals surface area contributed by atoms with Crippen molar-refractivity contribution in [3.8, 4) is 0 Å². The predicted octanol–water partition coefficient (Wildman–Crippen LogP) is 3.66. The predicted molar refractivity (Wildman–Crippen MR) is 51.6 cm³/mol. The quantitative estimate of drug-likeness (QED) is 0.772. The van der Waals surface area contributed by atoms with Crippen LogP contribution in [-0.4, -0.2) is 4.98 Å². The second-order valence-corrected chi connectivity index (χ2v) is 3.30. The van der Waals surface area contributed by atoms with Gasteiger partial charge in [0.15, 0.2) is 5.58 Å². The van der Waals surface area contributed by atoms with Crippen molar-refractivity contribution in [2.75, 3.05) is 0 Å². The van der Waals surface area contributed by atoms with Crippen molar-refractivity contribution in [3.63, 3.8) is 0 Å². The molecule has 0 N–H and O–H groups in total. The molecule has 0 bridgehead atoms. The molecule has 5 heteroatoms. The third kappa shape index (κ3) is 1.52. The van der Waals surface area contributed by atoms with Gasteiger partial charge in [0.25, 0.3) is 6.43 Å². The number of benzene rings is 1. The number of alkyl halides is 3. The van der Waals surface area contributed by atoms with Crippen LogP contribution in [0.25, 0.3) is 11.1 Å². The van der Waals surface area contributed by atoms with Crippen molar-refractivity contribution in [1.29, 1.82) is 0 Å². The van der Waals surface area contributed by atoms with E-state index in [2.05, 4.69) is 20.9 Å². The molecule has 1 heterocycles. The van der Waals surface area contributed by atoms with Gasteiger partial charge in [0.2, 0.25) is 5.89 Å². The van der Waals surface area contributed by atoms with Crippen molar-refractivity contribution >= 4 is 27.0 Å². The van der Waals surface area contributed by atoms with Gasteiger partial charge in [-0.2, -0.15) is 0 Å². The van der Waals surface area contributed by atoms with Crippen LogP contribution in [0.5, 0.6) is 0 Å². The highest BCUT2D eigenvalue weighted by Gasteiger charge is 2.15. The van der Waals surface area contributed by atoms with Gasteiger partial charge in [0, 0.05) is 0 Å². The maximum absolute atomic E-state index is 12.5. The van der Waals surface area contributed by atoms with E-state index in [1.807, 2.05) is 0 Å². The lowest BCUT2D eigenvalue weighted by molar-refractivity contribution is 0.152. The molecule has 2 rings (SSSR count). The van der Waals surface area contributed by atoms with Crippen LogP contribution in [0.1, 0.15) is 17.9 Å². The van der Waals surface area contributed by atoms with E-state index >= 15 is 0 Å². The maximum atomic E-state index is 12.5. The largest absolute Gasteiger partial charge is 0.439 e. The third-order valence-corrected chi connectivity index (χ3v) is 2.32. The molecular weight excluding hydrogens is 256 g/mol. The summed E-state index contributed by atoms with van der Waals surface area (Å²) in [4.78, 5) is 4.03. The molecule has 2 aromatic rings. The second-order valence-electron chi connectivity index (χ2n) is 2.74. The lowest BCUT2D eigenvalue weighted by Crippen LogP contribution is -1.83. The van der Waals surface area contributed by atoms with Gasteiger partial charge in [-0.15, -0.1) is 0 Å². The fourth-order valence-electron chi connectivity index (χ4n) is 1.25. The number of aromatic nitrogens is 1. The van der Waals surface area contributed by atoms with Crippen LogP contribution < -0.4 is 0 Å². The average Bonchev–Trinajstić information content (AvgIpc) is 2.59. The normalized spacial score (nSPS) is 11.4. The summed E-state index contributed by atoms with van der Waals surface area (Å²) in [6, 6.07) is 4.54. The van der Waals surface area contributed by atoms with Crippen molar-refractivity contribution < 1.29 is 13.2 Å². The number of para-hydroxylation sites is 1. The lowest BCUT2D eigenvalue weighted by atomic mass is 10.2. The Kier molecular flexibility index (Phi) is 2.50. The molecule has 2 nitrogen and oxygen atoms in total. The molecule has 0 saturated carbocycles. The van der Waals surface area contributed by atoms with Gasteiger partial charge in [-0.05, 0) is 12.1 Å². The minimum atomic E-state index is -2.53. The van der Waals surface area contributed by atoms with Gasteiger partial charge in [0.05, 0.1) is 10.9 Å². The fraction of sp³-hybridized carbons (Fsp3) is 0.222. The van der Waals surface area contributed by atoms with E-state index < -0.39 is 6.43 Å². The molecule has 0 unspecified atom stereocenters. The molecule has 1 aromatic carbocycles. The van der Waals surface area contributed by atoms with Crippen LogP contribution in [0.2, 0.25) is 0 Å². The Labute approximate surface area is 87.1 Å². The van der Waals surface area contributed by atoms with Crippen LogP contribution in [0, 0.1) is 0 Å². The van der Waals surface area contributed by atoms with Crippen LogP contribution in [0.15, 0.2) is 22.6 Å². The highest BCUT2D eigenvalue weighted by atomic mass is 79.9. The second kappa shape index (κ2) is 3.65. The van der Waals surface area contributed by atoms with E-state index in [0.717, 1.165) is 0 Å². The van der Waals surface area contributed by atoms with Gasteiger partial charge in [0.1, 0.15) is 5.52 Å². The van der Waals surface area contributed by atoms with E-state index in [1.54, 1.807) is 12.1 Å². The van der Waals surface area contributed by atoms with Gasteiger partial charge >= 0.3 is 0 Å². The van der Waals surface area contributed by atoms with E-state index in [4.69, 9.17) is 4.42 Å². The molecular formula is C9H6BrF2NO. The Morgan fingerprint density at radius 2 is 2.21 bits per heavy atom. The topological polar surface area (TPSA) is 26.0 Å². The van der Waals surface area contributed by atoms with Crippen LogP contribution in [-0.2, 0) is 5.33 Å². The molecule has 0 amide bonds. The first-order chi connectivity index (χ1) is 6.72. The minimum Gasteiger partial charge on any atom is -0.439 e. The highest BCUT2D eigenvalue weighted by molar-refractivity contribution is 9.08. The Balaban J connectivity index is 2.66. The zero-order chi connectivity index (χ0) is 10.1. The lowest BCUT2D eigenvalue weighted by Gasteiger charge is -1.97. The summed E-state index contributed by atoms with van der Waals surface area (Å²) in [5.74, 6) is 0.410. The van der Waals surface area contributed by atoms with Crippen molar-refractivity contribution in [2.45, 2.75) is 11.8 Å². The number of oxazole rings is 1. The summed E-state index contributed by atoms with van der Waals surface area (Å²) in [5.41, 5.74) is 0.538. The average molecular weight is 262 g/mol. The number of fused-ring (bicyclic) bond motifs is 1. The molecule has 14 heavy (non-hydrogen) atoms. The summed E-state index contributed by atoms with van der Waals surface area (Å²) in [6.07, 6.45) is -2.53.